The van der Waals surface area contributed by atoms with Gasteiger partial charge in [0.25, 0.3) is 0 Å². The largest absolute Gasteiger partial charge is 0.478 e. The van der Waals surface area contributed by atoms with E-state index in [1.807, 2.05) is 0 Å². The molecule has 0 saturated carbocycles. The molecule has 8 nitrogen and oxygen atoms in total. The maximum absolute atomic E-state index is 11.0. The summed E-state index contributed by atoms with van der Waals surface area (Å²) in [4.78, 5) is 11.0. The first-order chi connectivity index (χ1) is 10.9. The Morgan fingerprint density at radius 2 is 2.04 bits per heavy atom. The molecule has 0 aliphatic carbocycles. The van der Waals surface area contributed by atoms with Gasteiger partial charge in [0.15, 0.2) is 0 Å². The standard InChI is InChI=1S/C15H20O8/c1-7-2-8(15(20)21)3-9(5-16)14(7)23-12-4-10(18)13(19)11(6-17)22-12/h2-3,10-13,16-19H,4-6H2,1H3,(H,20,21)/t10-,11-,12+,13+/m1/s1. The summed E-state index contributed by atoms with van der Waals surface area (Å²) >= 11 is 0. The van der Waals surface area contributed by atoms with Crippen molar-refractivity contribution >= 4 is 5.97 Å². The van der Waals surface area contributed by atoms with Crippen molar-refractivity contribution < 1.29 is 39.8 Å². The fraction of sp³-hybridized carbons (Fsp3) is 0.533. The molecule has 1 aliphatic rings. The smallest absolute Gasteiger partial charge is 0.335 e. The van der Waals surface area contributed by atoms with Crippen LogP contribution >= 0.6 is 0 Å². The van der Waals surface area contributed by atoms with E-state index in [9.17, 15) is 20.1 Å². The molecule has 2 rings (SSSR count). The maximum atomic E-state index is 11.0. The molecule has 1 aliphatic heterocycles. The quantitative estimate of drug-likeness (QED) is 0.483. The number of carbonyl (C=O) groups is 1. The molecule has 128 valence electrons. The van der Waals surface area contributed by atoms with Crippen molar-refractivity contribution in [1.29, 1.82) is 0 Å². The van der Waals surface area contributed by atoms with Crippen LogP contribution < -0.4 is 4.74 Å². The molecule has 0 aromatic heterocycles. The third-order valence-electron chi connectivity index (χ3n) is 3.73. The number of aliphatic hydroxyl groups excluding tert-OH is 4. The summed E-state index contributed by atoms with van der Waals surface area (Å²) in [5.74, 6) is -0.870. The summed E-state index contributed by atoms with van der Waals surface area (Å²) in [7, 11) is 0. The Balaban J connectivity index is 2.24. The van der Waals surface area contributed by atoms with Crippen molar-refractivity contribution in [2.24, 2.45) is 0 Å². The Morgan fingerprint density at radius 1 is 1.35 bits per heavy atom. The molecular weight excluding hydrogens is 308 g/mol. The van der Waals surface area contributed by atoms with E-state index in [0.717, 1.165) is 0 Å². The molecule has 1 aromatic carbocycles. The first-order valence-electron chi connectivity index (χ1n) is 7.14. The number of rotatable bonds is 5. The van der Waals surface area contributed by atoms with Crippen LogP contribution in [0.25, 0.3) is 0 Å². The summed E-state index contributed by atoms with van der Waals surface area (Å²) in [5.41, 5.74) is 0.776. The van der Waals surface area contributed by atoms with Gasteiger partial charge in [0.05, 0.1) is 24.9 Å². The van der Waals surface area contributed by atoms with Crippen LogP contribution in [0.5, 0.6) is 5.75 Å². The lowest BCUT2D eigenvalue weighted by atomic mass is 10.0. The van der Waals surface area contributed by atoms with Gasteiger partial charge in [0.1, 0.15) is 18.0 Å². The minimum absolute atomic E-state index is 0.0205. The molecular formula is C15H20O8. The van der Waals surface area contributed by atoms with Crippen molar-refractivity contribution in [1.82, 2.24) is 0 Å². The second-order valence-electron chi connectivity index (χ2n) is 5.44. The Labute approximate surface area is 132 Å². The molecule has 1 heterocycles. The predicted molar refractivity (Wildman–Crippen MR) is 77.1 cm³/mol. The van der Waals surface area contributed by atoms with Crippen molar-refractivity contribution in [3.63, 3.8) is 0 Å². The van der Waals surface area contributed by atoms with E-state index in [1.165, 1.54) is 12.1 Å². The number of aryl methyl sites for hydroxylation is 1. The monoisotopic (exact) mass is 328 g/mol. The minimum atomic E-state index is -1.22. The highest BCUT2D eigenvalue weighted by Gasteiger charge is 2.37. The second-order valence-corrected chi connectivity index (χ2v) is 5.44. The highest BCUT2D eigenvalue weighted by atomic mass is 16.7. The molecule has 0 radical (unpaired) electrons. The number of carboxylic acids is 1. The van der Waals surface area contributed by atoms with Gasteiger partial charge >= 0.3 is 5.97 Å². The van der Waals surface area contributed by atoms with Crippen molar-refractivity contribution in [3.05, 3.63) is 28.8 Å². The Bertz CT molecular complexity index is 573. The van der Waals surface area contributed by atoms with Crippen LogP contribution in [0.2, 0.25) is 0 Å². The lowest BCUT2D eigenvalue weighted by Crippen LogP contribution is -2.51. The van der Waals surface area contributed by atoms with E-state index in [0.29, 0.717) is 5.56 Å². The highest BCUT2D eigenvalue weighted by Crippen LogP contribution is 2.30. The molecule has 0 unspecified atom stereocenters. The summed E-state index contributed by atoms with van der Waals surface area (Å²) < 4.78 is 11.0. The van der Waals surface area contributed by atoms with Crippen molar-refractivity contribution in [2.75, 3.05) is 6.61 Å². The first kappa shape index (κ1) is 17.6. The van der Waals surface area contributed by atoms with Gasteiger partial charge in [-0.25, -0.2) is 4.79 Å². The molecule has 0 amide bonds. The average molecular weight is 328 g/mol. The lowest BCUT2D eigenvalue weighted by molar-refractivity contribution is -0.230. The molecule has 23 heavy (non-hydrogen) atoms. The van der Waals surface area contributed by atoms with Gasteiger partial charge in [-0.05, 0) is 24.6 Å². The Hall–Kier alpha value is -1.71. The number of benzene rings is 1. The highest BCUT2D eigenvalue weighted by molar-refractivity contribution is 5.88. The van der Waals surface area contributed by atoms with Gasteiger partial charge in [-0.3, -0.25) is 0 Å². The van der Waals surface area contributed by atoms with E-state index in [-0.39, 0.29) is 23.3 Å². The van der Waals surface area contributed by atoms with Crippen LogP contribution in [-0.2, 0) is 11.3 Å². The summed E-state index contributed by atoms with van der Waals surface area (Å²) in [6.07, 6.45) is -4.29. The lowest BCUT2D eigenvalue weighted by Gasteiger charge is -2.36. The summed E-state index contributed by atoms with van der Waals surface area (Å²) in [5, 5.41) is 47.1. The first-order valence-corrected chi connectivity index (χ1v) is 7.14. The third-order valence-corrected chi connectivity index (χ3v) is 3.73. The average Bonchev–Trinajstić information content (AvgIpc) is 2.51. The summed E-state index contributed by atoms with van der Waals surface area (Å²) in [6.45, 7) is 0.707. The molecule has 1 aromatic rings. The molecule has 8 heteroatoms. The number of ether oxygens (including phenoxy) is 2. The maximum Gasteiger partial charge on any atom is 0.335 e. The normalized spacial score (nSPS) is 27.7. The van der Waals surface area contributed by atoms with Crippen LogP contribution in [0, 0.1) is 6.92 Å². The van der Waals surface area contributed by atoms with Crippen LogP contribution in [0.15, 0.2) is 12.1 Å². The van der Waals surface area contributed by atoms with E-state index in [4.69, 9.17) is 19.7 Å². The molecule has 5 N–H and O–H groups in total. The van der Waals surface area contributed by atoms with Crippen LogP contribution in [-0.4, -0.2) is 62.7 Å². The van der Waals surface area contributed by atoms with Gasteiger partial charge < -0.3 is 35.0 Å². The number of aliphatic hydroxyl groups is 4. The Morgan fingerprint density at radius 3 is 2.61 bits per heavy atom. The molecule has 0 bridgehead atoms. The number of carboxylic acid groups (broad SMARTS) is 1. The van der Waals surface area contributed by atoms with Crippen molar-refractivity contribution in [2.45, 2.75) is 44.6 Å². The minimum Gasteiger partial charge on any atom is -0.478 e. The zero-order valence-electron chi connectivity index (χ0n) is 12.5. The number of hydrogen-bond acceptors (Lipinski definition) is 7. The molecule has 1 saturated heterocycles. The van der Waals surface area contributed by atoms with Gasteiger partial charge in [-0.1, -0.05) is 0 Å². The van der Waals surface area contributed by atoms with E-state index in [2.05, 4.69) is 0 Å². The predicted octanol–water partition coefficient (Wildman–Crippen LogP) is -0.607. The number of aromatic carboxylic acids is 1. The fourth-order valence-corrected chi connectivity index (χ4v) is 2.53. The molecule has 1 fully saturated rings. The zero-order chi connectivity index (χ0) is 17.1. The van der Waals surface area contributed by atoms with Crippen LogP contribution in [0.3, 0.4) is 0 Å². The van der Waals surface area contributed by atoms with Crippen molar-refractivity contribution in [3.8, 4) is 5.75 Å². The fourth-order valence-electron chi connectivity index (χ4n) is 2.53. The second kappa shape index (κ2) is 7.24. The van der Waals surface area contributed by atoms with E-state index >= 15 is 0 Å². The third kappa shape index (κ3) is 3.80. The van der Waals surface area contributed by atoms with Gasteiger partial charge in [-0.2, -0.15) is 0 Å². The van der Waals surface area contributed by atoms with Crippen LogP contribution in [0.1, 0.15) is 27.9 Å². The molecule has 4 atom stereocenters. The molecule has 0 spiro atoms. The van der Waals surface area contributed by atoms with Gasteiger partial charge in [0.2, 0.25) is 6.29 Å². The SMILES string of the molecule is Cc1cc(C(=O)O)cc(CO)c1O[C@H]1C[C@@H](O)[C@H](O)[C@@H](CO)O1. The zero-order valence-corrected chi connectivity index (χ0v) is 12.5. The van der Waals surface area contributed by atoms with Gasteiger partial charge in [-0.15, -0.1) is 0 Å². The van der Waals surface area contributed by atoms with E-state index in [1.54, 1.807) is 6.92 Å². The summed E-state index contributed by atoms with van der Waals surface area (Å²) in [6, 6.07) is 2.69. The Kier molecular flexibility index (Phi) is 5.55. The topological polar surface area (TPSA) is 137 Å². The van der Waals surface area contributed by atoms with Crippen LogP contribution in [0.4, 0.5) is 0 Å². The number of hydrogen-bond donors (Lipinski definition) is 5. The van der Waals surface area contributed by atoms with Gasteiger partial charge in [0, 0.05) is 12.0 Å². The van der Waals surface area contributed by atoms with E-state index < -0.39 is 43.8 Å².